The van der Waals surface area contributed by atoms with Crippen LogP contribution in [-0.4, -0.2) is 36.3 Å². The molecule has 1 aromatic carbocycles. The van der Waals surface area contributed by atoms with E-state index in [1.807, 2.05) is 18.2 Å². The first kappa shape index (κ1) is 13.1. The van der Waals surface area contributed by atoms with E-state index >= 15 is 0 Å². The third-order valence-electron chi connectivity index (χ3n) is 3.86. The Morgan fingerprint density at radius 3 is 2.55 bits per heavy atom. The number of nitrogens with zero attached hydrogens (tertiary/aromatic N) is 3. The van der Waals surface area contributed by atoms with Gasteiger partial charge in [-0.1, -0.05) is 35.5 Å². The molecule has 0 amide bonds. The number of rotatable bonds is 3. The average Bonchev–Trinajstić information content (AvgIpc) is 3.00. The van der Waals surface area contributed by atoms with Crippen molar-refractivity contribution in [1.82, 2.24) is 15.5 Å². The lowest BCUT2D eigenvalue weighted by Gasteiger charge is -2.25. The fourth-order valence-corrected chi connectivity index (χ4v) is 2.44. The van der Waals surface area contributed by atoms with Crippen LogP contribution in [0.1, 0.15) is 25.2 Å². The second-order valence-corrected chi connectivity index (χ2v) is 5.63. The zero-order valence-electron chi connectivity index (χ0n) is 12.0. The lowest BCUT2D eigenvalue weighted by atomic mass is 9.84. The highest BCUT2D eigenvalue weighted by molar-refractivity contribution is 5.33. The van der Waals surface area contributed by atoms with Gasteiger partial charge in [0.15, 0.2) is 5.82 Å². The maximum Gasteiger partial charge on any atom is 0.324 e. The largest absolute Gasteiger partial charge is 0.324 e. The average molecular weight is 272 g/mol. The Morgan fingerprint density at radius 2 is 1.85 bits per heavy atom. The van der Waals surface area contributed by atoms with E-state index in [1.165, 1.54) is 5.56 Å². The summed E-state index contributed by atoms with van der Waals surface area (Å²) in [4.78, 5) is 6.74. The van der Waals surface area contributed by atoms with Crippen LogP contribution >= 0.6 is 0 Å². The Hall–Kier alpha value is -1.88. The van der Waals surface area contributed by atoms with E-state index in [9.17, 15) is 0 Å². The minimum atomic E-state index is -0.253. The van der Waals surface area contributed by atoms with Crippen molar-refractivity contribution >= 4 is 6.01 Å². The number of aromatic nitrogens is 2. The first-order valence-electron chi connectivity index (χ1n) is 7.03. The monoisotopic (exact) mass is 272 g/mol. The SMILES string of the molecule is CC(C)(c1ccccc1)c1noc(N2CCNCC2)n1. The molecule has 0 unspecified atom stereocenters. The van der Waals surface area contributed by atoms with Gasteiger partial charge < -0.3 is 14.7 Å². The molecule has 20 heavy (non-hydrogen) atoms. The zero-order chi connectivity index (χ0) is 14.0. The Morgan fingerprint density at radius 1 is 1.15 bits per heavy atom. The highest BCUT2D eigenvalue weighted by atomic mass is 16.5. The Balaban J connectivity index is 1.85. The predicted molar refractivity (Wildman–Crippen MR) is 78.0 cm³/mol. The summed E-state index contributed by atoms with van der Waals surface area (Å²) in [5.74, 6) is 0.734. The molecule has 2 heterocycles. The smallest absolute Gasteiger partial charge is 0.322 e. The first-order chi connectivity index (χ1) is 9.68. The summed E-state index contributed by atoms with van der Waals surface area (Å²) < 4.78 is 5.45. The van der Waals surface area contributed by atoms with Gasteiger partial charge in [0.1, 0.15) is 0 Å². The quantitative estimate of drug-likeness (QED) is 0.923. The Bertz CT molecular complexity index is 558. The number of anilines is 1. The van der Waals surface area contributed by atoms with Gasteiger partial charge in [-0.15, -0.1) is 0 Å². The van der Waals surface area contributed by atoms with Crippen LogP contribution in [0.15, 0.2) is 34.9 Å². The van der Waals surface area contributed by atoms with Gasteiger partial charge in [0.05, 0.1) is 5.41 Å². The molecular formula is C15H20N4O. The molecule has 106 valence electrons. The van der Waals surface area contributed by atoms with E-state index in [0.717, 1.165) is 32.0 Å². The zero-order valence-corrected chi connectivity index (χ0v) is 12.0. The van der Waals surface area contributed by atoms with E-state index in [4.69, 9.17) is 4.52 Å². The molecule has 0 radical (unpaired) electrons. The van der Waals surface area contributed by atoms with Crippen LogP contribution in [0.3, 0.4) is 0 Å². The molecule has 5 nitrogen and oxygen atoms in total. The Labute approximate surface area is 119 Å². The maximum absolute atomic E-state index is 5.45. The molecule has 1 saturated heterocycles. The van der Waals surface area contributed by atoms with Crippen molar-refractivity contribution in [2.24, 2.45) is 0 Å². The van der Waals surface area contributed by atoms with E-state index in [-0.39, 0.29) is 5.41 Å². The first-order valence-corrected chi connectivity index (χ1v) is 7.03. The van der Waals surface area contributed by atoms with Crippen LogP contribution in [0.5, 0.6) is 0 Å². The summed E-state index contributed by atoms with van der Waals surface area (Å²) >= 11 is 0. The molecule has 0 aliphatic carbocycles. The Kier molecular flexibility index (Phi) is 3.44. The summed E-state index contributed by atoms with van der Waals surface area (Å²) in [6.07, 6.45) is 0. The minimum Gasteiger partial charge on any atom is -0.322 e. The lowest BCUT2D eigenvalue weighted by molar-refractivity contribution is 0.389. The maximum atomic E-state index is 5.45. The fraction of sp³-hybridized carbons (Fsp3) is 0.467. The van der Waals surface area contributed by atoms with Gasteiger partial charge >= 0.3 is 6.01 Å². The van der Waals surface area contributed by atoms with Gasteiger partial charge in [-0.25, -0.2) is 0 Å². The lowest BCUT2D eigenvalue weighted by Crippen LogP contribution is -2.43. The highest BCUT2D eigenvalue weighted by Crippen LogP contribution is 2.30. The van der Waals surface area contributed by atoms with Crippen LogP contribution < -0.4 is 10.2 Å². The van der Waals surface area contributed by atoms with Gasteiger partial charge in [0.2, 0.25) is 0 Å². The number of hydrogen-bond donors (Lipinski definition) is 1. The third kappa shape index (κ3) is 2.41. The van der Waals surface area contributed by atoms with E-state index in [1.54, 1.807) is 0 Å². The van der Waals surface area contributed by atoms with Crippen molar-refractivity contribution in [1.29, 1.82) is 0 Å². The topological polar surface area (TPSA) is 54.2 Å². The molecule has 0 saturated carbocycles. The molecular weight excluding hydrogens is 252 g/mol. The van der Waals surface area contributed by atoms with E-state index in [2.05, 4.69) is 46.3 Å². The van der Waals surface area contributed by atoms with Crippen molar-refractivity contribution in [2.45, 2.75) is 19.3 Å². The van der Waals surface area contributed by atoms with Crippen molar-refractivity contribution in [2.75, 3.05) is 31.1 Å². The fourth-order valence-electron chi connectivity index (χ4n) is 2.44. The summed E-state index contributed by atoms with van der Waals surface area (Å²) in [6, 6.07) is 10.9. The molecule has 1 aromatic heterocycles. The second-order valence-electron chi connectivity index (χ2n) is 5.63. The van der Waals surface area contributed by atoms with Crippen LogP contribution in [-0.2, 0) is 5.41 Å². The summed E-state index contributed by atoms with van der Waals surface area (Å²) in [7, 11) is 0. The highest BCUT2D eigenvalue weighted by Gasteiger charge is 2.30. The number of piperazine rings is 1. The van der Waals surface area contributed by atoms with E-state index in [0.29, 0.717) is 6.01 Å². The standard InChI is InChI=1S/C15H20N4O/c1-15(2,12-6-4-3-5-7-12)13-17-14(20-18-13)19-10-8-16-9-11-19/h3-7,16H,8-11H2,1-2H3. The van der Waals surface area contributed by atoms with Gasteiger partial charge in [0.25, 0.3) is 0 Å². The number of benzene rings is 1. The van der Waals surface area contributed by atoms with Crippen molar-refractivity contribution < 1.29 is 4.52 Å². The van der Waals surface area contributed by atoms with Gasteiger partial charge in [-0.3, -0.25) is 0 Å². The van der Waals surface area contributed by atoms with Crippen molar-refractivity contribution in [3.63, 3.8) is 0 Å². The molecule has 0 atom stereocenters. The summed E-state index contributed by atoms with van der Waals surface area (Å²) in [5.41, 5.74) is 0.935. The van der Waals surface area contributed by atoms with Crippen molar-refractivity contribution in [3.05, 3.63) is 41.7 Å². The van der Waals surface area contributed by atoms with Gasteiger partial charge in [-0.2, -0.15) is 4.98 Å². The summed E-state index contributed by atoms with van der Waals surface area (Å²) in [5, 5.41) is 7.51. The molecule has 1 aliphatic rings. The van der Waals surface area contributed by atoms with Crippen LogP contribution in [0, 0.1) is 0 Å². The summed E-state index contributed by atoms with van der Waals surface area (Å²) in [6.45, 7) is 7.98. The number of hydrogen-bond acceptors (Lipinski definition) is 5. The molecule has 1 N–H and O–H groups in total. The van der Waals surface area contributed by atoms with Crippen LogP contribution in [0.2, 0.25) is 0 Å². The van der Waals surface area contributed by atoms with Crippen LogP contribution in [0.25, 0.3) is 0 Å². The van der Waals surface area contributed by atoms with Gasteiger partial charge in [-0.05, 0) is 19.4 Å². The van der Waals surface area contributed by atoms with E-state index < -0.39 is 0 Å². The molecule has 0 spiro atoms. The molecule has 0 bridgehead atoms. The predicted octanol–water partition coefficient (Wildman–Crippen LogP) is 1.81. The normalized spacial score (nSPS) is 16.4. The van der Waals surface area contributed by atoms with Crippen LogP contribution in [0.4, 0.5) is 6.01 Å². The van der Waals surface area contributed by atoms with Crippen molar-refractivity contribution in [3.8, 4) is 0 Å². The molecule has 5 heteroatoms. The molecule has 3 rings (SSSR count). The third-order valence-corrected chi connectivity index (χ3v) is 3.86. The molecule has 2 aromatic rings. The molecule has 1 fully saturated rings. The molecule has 1 aliphatic heterocycles. The second kappa shape index (κ2) is 5.25. The minimum absolute atomic E-state index is 0.253. The number of nitrogens with one attached hydrogen (secondary N) is 1. The van der Waals surface area contributed by atoms with Gasteiger partial charge in [0, 0.05) is 26.2 Å².